The molecular weight excluding hydrogens is 450 g/mol. The van der Waals surface area contributed by atoms with Crippen molar-refractivity contribution in [1.29, 1.82) is 0 Å². The number of fused-ring (bicyclic) bond motifs is 1. The van der Waals surface area contributed by atoms with Crippen molar-refractivity contribution in [3.8, 4) is 17.2 Å². The molecule has 2 aliphatic heterocycles. The molecule has 1 saturated heterocycles. The van der Waals surface area contributed by atoms with Crippen molar-refractivity contribution in [1.82, 2.24) is 15.5 Å². The van der Waals surface area contributed by atoms with Gasteiger partial charge in [0.25, 0.3) is 11.8 Å². The molecule has 1 fully saturated rings. The third kappa shape index (κ3) is 5.50. The number of rotatable bonds is 7. The number of carbonyl (C=O) groups is 3. The largest absolute Gasteiger partial charge is 0.496 e. The standard InChI is InChI=1S/C26H31N3O6/c1-16(2)27-25(31)23(28-24(30)18-8-9-21-22(14-18)35-15-34-21)17-10-12-29(13-11-17)26(32)19-6-4-5-7-20(19)33-3/h4-9,14,16-17,23H,10-13,15H2,1-3H3,(H,27,31)(H,28,30)/t23-/m1/s1. The Kier molecular flexibility index (Phi) is 7.43. The number of hydrogen-bond donors (Lipinski definition) is 2. The normalized spacial score (nSPS) is 16.1. The highest BCUT2D eigenvalue weighted by Gasteiger charge is 2.35. The van der Waals surface area contributed by atoms with E-state index in [1.807, 2.05) is 19.9 Å². The van der Waals surface area contributed by atoms with Gasteiger partial charge in [0.1, 0.15) is 11.8 Å². The highest BCUT2D eigenvalue weighted by molar-refractivity contribution is 5.98. The number of hydrogen-bond acceptors (Lipinski definition) is 6. The van der Waals surface area contributed by atoms with Crippen LogP contribution in [0.4, 0.5) is 0 Å². The van der Waals surface area contributed by atoms with Crippen LogP contribution in [0.2, 0.25) is 0 Å². The van der Waals surface area contributed by atoms with Crippen molar-refractivity contribution in [2.24, 2.45) is 5.92 Å². The molecule has 186 valence electrons. The summed E-state index contributed by atoms with van der Waals surface area (Å²) in [4.78, 5) is 40.9. The zero-order valence-corrected chi connectivity index (χ0v) is 20.2. The fourth-order valence-electron chi connectivity index (χ4n) is 4.46. The second kappa shape index (κ2) is 10.7. The van der Waals surface area contributed by atoms with Crippen LogP contribution in [0.3, 0.4) is 0 Å². The predicted octanol–water partition coefficient (Wildman–Crippen LogP) is 2.60. The summed E-state index contributed by atoms with van der Waals surface area (Å²) in [6.45, 7) is 4.83. The second-order valence-corrected chi connectivity index (χ2v) is 9.01. The fourth-order valence-corrected chi connectivity index (χ4v) is 4.46. The van der Waals surface area contributed by atoms with Crippen LogP contribution in [0.15, 0.2) is 42.5 Å². The Bertz CT molecular complexity index is 1090. The van der Waals surface area contributed by atoms with Gasteiger partial charge in [-0.3, -0.25) is 14.4 Å². The van der Waals surface area contributed by atoms with E-state index in [4.69, 9.17) is 14.2 Å². The second-order valence-electron chi connectivity index (χ2n) is 9.01. The van der Waals surface area contributed by atoms with E-state index in [1.54, 1.807) is 48.4 Å². The number of amides is 3. The summed E-state index contributed by atoms with van der Waals surface area (Å²) in [6, 6.07) is 11.3. The molecule has 4 rings (SSSR count). The van der Waals surface area contributed by atoms with Gasteiger partial charge in [-0.25, -0.2) is 0 Å². The number of piperidine rings is 1. The Morgan fingerprint density at radius 1 is 1.00 bits per heavy atom. The molecule has 1 atom stereocenters. The molecule has 0 spiro atoms. The van der Waals surface area contributed by atoms with Gasteiger partial charge < -0.3 is 29.7 Å². The number of methoxy groups -OCH3 is 1. The monoisotopic (exact) mass is 481 g/mol. The van der Waals surface area contributed by atoms with Gasteiger partial charge >= 0.3 is 0 Å². The van der Waals surface area contributed by atoms with Gasteiger partial charge in [0.05, 0.1) is 12.7 Å². The molecule has 2 aliphatic rings. The van der Waals surface area contributed by atoms with Crippen LogP contribution < -0.4 is 24.8 Å². The number of likely N-dealkylation sites (tertiary alicyclic amines) is 1. The highest BCUT2D eigenvalue weighted by Crippen LogP contribution is 2.32. The molecule has 2 heterocycles. The minimum atomic E-state index is -0.723. The van der Waals surface area contributed by atoms with Crippen molar-refractivity contribution < 1.29 is 28.6 Å². The van der Waals surface area contributed by atoms with E-state index < -0.39 is 6.04 Å². The van der Waals surface area contributed by atoms with Crippen molar-refractivity contribution in [2.75, 3.05) is 27.0 Å². The van der Waals surface area contributed by atoms with E-state index >= 15 is 0 Å². The van der Waals surface area contributed by atoms with Gasteiger partial charge in [0.2, 0.25) is 12.7 Å². The van der Waals surface area contributed by atoms with E-state index in [0.717, 1.165) is 0 Å². The summed E-state index contributed by atoms with van der Waals surface area (Å²) in [5, 5.41) is 5.84. The maximum atomic E-state index is 13.1. The summed E-state index contributed by atoms with van der Waals surface area (Å²) in [7, 11) is 1.54. The number of para-hydroxylation sites is 1. The van der Waals surface area contributed by atoms with E-state index in [9.17, 15) is 14.4 Å². The molecule has 3 amide bonds. The first-order valence-electron chi connectivity index (χ1n) is 11.8. The highest BCUT2D eigenvalue weighted by atomic mass is 16.7. The summed E-state index contributed by atoms with van der Waals surface area (Å²) >= 11 is 0. The lowest BCUT2D eigenvalue weighted by Crippen LogP contribution is -2.54. The molecular formula is C26H31N3O6. The van der Waals surface area contributed by atoms with E-state index in [-0.39, 0.29) is 36.5 Å². The zero-order valence-electron chi connectivity index (χ0n) is 20.2. The smallest absolute Gasteiger partial charge is 0.257 e. The molecule has 2 aromatic carbocycles. The third-order valence-corrected chi connectivity index (χ3v) is 6.27. The minimum Gasteiger partial charge on any atom is -0.496 e. The SMILES string of the molecule is COc1ccccc1C(=O)N1CCC([C@@H](NC(=O)c2ccc3c(c2)OCO3)C(=O)NC(C)C)CC1. The van der Waals surface area contributed by atoms with Crippen molar-refractivity contribution in [3.05, 3.63) is 53.6 Å². The quantitative estimate of drug-likeness (QED) is 0.630. The molecule has 0 radical (unpaired) electrons. The Balaban J connectivity index is 1.45. The molecule has 35 heavy (non-hydrogen) atoms. The first-order valence-corrected chi connectivity index (χ1v) is 11.8. The minimum absolute atomic E-state index is 0.0698. The molecule has 2 N–H and O–H groups in total. The van der Waals surface area contributed by atoms with Gasteiger partial charge in [-0.05, 0) is 62.9 Å². The topological polar surface area (TPSA) is 106 Å². The number of nitrogens with zero attached hydrogens (tertiary/aromatic N) is 1. The first kappa shape index (κ1) is 24.4. The summed E-state index contributed by atoms with van der Waals surface area (Å²) in [6.07, 6.45) is 1.16. The molecule has 0 saturated carbocycles. The van der Waals surface area contributed by atoms with E-state index in [2.05, 4.69) is 10.6 Å². The van der Waals surface area contributed by atoms with Gasteiger partial charge in [-0.1, -0.05) is 12.1 Å². The maximum Gasteiger partial charge on any atom is 0.257 e. The van der Waals surface area contributed by atoms with E-state index in [0.29, 0.717) is 54.3 Å². The Labute approximate surface area is 204 Å². The molecule has 9 nitrogen and oxygen atoms in total. The Morgan fingerprint density at radius 2 is 1.71 bits per heavy atom. The van der Waals surface area contributed by atoms with Crippen LogP contribution in [-0.2, 0) is 4.79 Å². The van der Waals surface area contributed by atoms with Crippen molar-refractivity contribution in [2.45, 2.75) is 38.8 Å². The Hall–Kier alpha value is -3.75. The predicted molar refractivity (Wildman–Crippen MR) is 129 cm³/mol. The number of nitrogens with one attached hydrogen (secondary N) is 2. The number of ether oxygens (including phenoxy) is 3. The fraction of sp³-hybridized carbons (Fsp3) is 0.423. The molecule has 0 bridgehead atoms. The zero-order chi connectivity index (χ0) is 24.9. The van der Waals surface area contributed by atoms with Gasteiger partial charge in [0.15, 0.2) is 11.5 Å². The maximum absolute atomic E-state index is 13.1. The van der Waals surface area contributed by atoms with E-state index in [1.165, 1.54) is 0 Å². The molecule has 9 heteroatoms. The first-order chi connectivity index (χ1) is 16.9. The van der Waals surface area contributed by atoms with Crippen LogP contribution in [0.1, 0.15) is 47.4 Å². The van der Waals surface area contributed by atoms with Gasteiger partial charge in [-0.2, -0.15) is 0 Å². The van der Waals surface area contributed by atoms with Crippen LogP contribution in [0.5, 0.6) is 17.2 Å². The molecule has 2 aromatic rings. The lowest BCUT2D eigenvalue weighted by molar-refractivity contribution is -0.125. The summed E-state index contributed by atoms with van der Waals surface area (Å²) in [5.74, 6) is 0.807. The average Bonchev–Trinajstić information content (AvgIpc) is 3.34. The number of carbonyl (C=O) groups excluding carboxylic acids is 3. The van der Waals surface area contributed by atoms with Crippen LogP contribution in [-0.4, -0.2) is 61.7 Å². The van der Waals surface area contributed by atoms with Crippen molar-refractivity contribution >= 4 is 17.7 Å². The van der Waals surface area contributed by atoms with Gasteiger partial charge in [-0.15, -0.1) is 0 Å². The molecule has 0 unspecified atom stereocenters. The Morgan fingerprint density at radius 3 is 2.43 bits per heavy atom. The molecule has 0 aliphatic carbocycles. The molecule has 0 aromatic heterocycles. The number of benzene rings is 2. The summed E-state index contributed by atoms with van der Waals surface area (Å²) in [5.41, 5.74) is 0.902. The third-order valence-electron chi connectivity index (χ3n) is 6.27. The average molecular weight is 482 g/mol. The van der Waals surface area contributed by atoms with Crippen LogP contribution in [0.25, 0.3) is 0 Å². The van der Waals surface area contributed by atoms with Crippen molar-refractivity contribution in [3.63, 3.8) is 0 Å². The summed E-state index contributed by atoms with van der Waals surface area (Å²) < 4.78 is 16.0. The lowest BCUT2D eigenvalue weighted by atomic mass is 9.88. The lowest BCUT2D eigenvalue weighted by Gasteiger charge is -2.36. The van der Waals surface area contributed by atoms with Gasteiger partial charge in [0, 0.05) is 24.7 Å². The van der Waals surface area contributed by atoms with Crippen LogP contribution in [0, 0.1) is 5.92 Å². The van der Waals surface area contributed by atoms with Crippen LogP contribution >= 0.6 is 0 Å².